The number of rotatable bonds is 3. The number of hydrogen-bond acceptors (Lipinski definition) is 2. The zero-order chi connectivity index (χ0) is 18.8. The highest BCUT2D eigenvalue weighted by Gasteiger charge is 2.20. The van der Waals surface area contributed by atoms with Crippen molar-refractivity contribution >= 4 is 28.4 Å². The molecule has 1 saturated carbocycles. The van der Waals surface area contributed by atoms with Crippen LogP contribution in [-0.4, -0.2) is 16.9 Å². The third kappa shape index (κ3) is 3.84. The molecule has 27 heavy (non-hydrogen) atoms. The zero-order valence-corrected chi connectivity index (χ0v) is 16.2. The highest BCUT2D eigenvalue weighted by Crippen LogP contribution is 2.30. The summed E-state index contributed by atoms with van der Waals surface area (Å²) in [5.41, 5.74) is 4.16. The summed E-state index contributed by atoms with van der Waals surface area (Å²) in [7, 11) is 0. The van der Waals surface area contributed by atoms with Gasteiger partial charge in [0.1, 0.15) is 0 Å². The van der Waals surface area contributed by atoms with Gasteiger partial charge in [0.2, 0.25) is 0 Å². The van der Waals surface area contributed by atoms with Gasteiger partial charge in [-0.1, -0.05) is 60.7 Å². The predicted molar refractivity (Wildman–Crippen MR) is 111 cm³/mol. The number of aryl methyl sites for hydroxylation is 1. The van der Waals surface area contributed by atoms with Crippen molar-refractivity contribution in [1.82, 2.24) is 10.3 Å². The van der Waals surface area contributed by atoms with Crippen LogP contribution in [0.3, 0.4) is 0 Å². The molecule has 3 nitrogen and oxygen atoms in total. The van der Waals surface area contributed by atoms with Gasteiger partial charge in [0.25, 0.3) is 5.91 Å². The van der Waals surface area contributed by atoms with Crippen LogP contribution in [-0.2, 0) is 0 Å². The van der Waals surface area contributed by atoms with Crippen LogP contribution < -0.4 is 5.32 Å². The number of nitrogens with one attached hydrogen (secondary N) is 1. The summed E-state index contributed by atoms with van der Waals surface area (Å²) in [6, 6.07) is 15.8. The molecule has 138 valence electrons. The standard InChI is InChI=1S/C23H23ClN2O/c1-15-11-12-21-18(13-15)19(23(27)25-16-7-3-2-4-8-16)14-22(26-21)17-9-5-6-10-20(17)24/h5-6,9-14,16H,2-4,7-8H2,1H3,(H,25,27). The Bertz CT molecular complexity index is 993. The molecule has 0 aliphatic heterocycles. The average molecular weight is 379 g/mol. The van der Waals surface area contributed by atoms with Gasteiger partial charge in [0, 0.05) is 22.0 Å². The maximum Gasteiger partial charge on any atom is 0.252 e. The molecular weight excluding hydrogens is 356 g/mol. The number of nitrogens with zero attached hydrogens (tertiary/aromatic N) is 1. The van der Waals surface area contributed by atoms with Gasteiger partial charge < -0.3 is 5.32 Å². The molecule has 1 aliphatic rings. The molecule has 0 spiro atoms. The van der Waals surface area contributed by atoms with Crippen molar-refractivity contribution in [2.24, 2.45) is 0 Å². The predicted octanol–water partition coefficient (Wildman–Crippen LogP) is 5.93. The summed E-state index contributed by atoms with van der Waals surface area (Å²) < 4.78 is 0. The van der Waals surface area contributed by atoms with Gasteiger partial charge >= 0.3 is 0 Å². The average Bonchev–Trinajstić information content (AvgIpc) is 2.68. The Morgan fingerprint density at radius 3 is 2.63 bits per heavy atom. The number of carbonyl (C=O) groups excluding carboxylic acids is 1. The van der Waals surface area contributed by atoms with Gasteiger partial charge in [-0.25, -0.2) is 4.98 Å². The van der Waals surface area contributed by atoms with E-state index in [9.17, 15) is 4.79 Å². The van der Waals surface area contributed by atoms with Crippen LogP contribution in [0.4, 0.5) is 0 Å². The Morgan fingerprint density at radius 2 is 1.85 bits per heavy atom. The van der Waals surface area contributed by atoms with E-state index in [4.69, 9.17) is 16.6 Å². The first-order valence-corrected chi connectivity index (χ1v) is 9.97. The van der Waals surface area contributed by atoms with Gasteiger partial charge in [-0.15, -0.1) is 0 Å². The zero-order valence-electron chi connectivity index (χ0n) is 15.5. The lowest BCUT2D eigenvalue weighted by atomic mass is 9.95. The summed E-state index contributed by atoms with van der Waals surface area (Å²) in [5.74, 6) is -0.0202. The lowest BCUT2D eigenvalue weighted by Crippen LogP contribution is -2.36. The van der Waals surface area contributed by atoms with E-state index in [0.29, 0.717) is 10.6 Å². The summed E-state index contributed by atoms with van der Waals surface area (Å²) in [5, 5.41) is 4.76. The lowest BCUT2D eigenvalue weighted by Gasteiger charge is -2.23. The molecule has 1 aromatic heterocycles. The molecule has 1 amide bonds. The molecule has 4 rings (SSSR count). The van der Waals surface area contributed by atoms with Crippen molar-refractivity contribution in [3.63, 3.8) is 0 Å². The molecule has 4 heteroatoms. The van der Waals surface area contributed by atoms with Gasteiger partial charge in [0.05, 0.1) is 16.8 Å². The third-order valence-corrected chi connectivity index (χ3v) is 5.63. The van der Waals surface area contributed by atoms with E-state index in [2.05, 4.69) is 5.32 Å². The van der Waals surface area contributed by atoms with Crippen LogP contribution in [0.5, 0.6) is 0 Å². The van der Waals surface area contributed by atoms with Crippen LogP contribution in [0.25, 0.3) is 22.2 Å². The van der Waals surface area contributed by atoms with Crippen LogP contribution in [0, 0.1) is 6.92 Å². The number of halogens is 1. The van der Waals surface area contributed by atoms with E-state index < -0.39 is 0 Å². The minimum absolute atomic E-state index is 0.0202. The maximum atomic E-state index is 13.1. The van der Waals surface area contributed by atoms with E-state index in [0.717, 1.165) is 40.6 Å². The van der Waals surface area contributed by atoms with Crippen LogP contribution in [0.15, 0.2) is 48.5 Å². The number of aromatic nitrogens is 1. The van der Waals surface area contributed by atoms with Crippen LogP contribution in [0.2, 0.25) is 5.02 Å². The SMILES string of the molecule is Cc1ccc2nc(-c3ccccc3Cl)cc(C(=O)NC3CCCCC3)c2c1. The van der Waals surface area contributed by atoms with Gasteiger partial charge in [0.15, 0.2) is 0 Å². The molecular formula is C23H23ClN2O. The van der Waals surface area contributed by atoms with E-state index in [1.165, 1.54) is 19.3 Å². The van der Waals surface area contributed by atoms with Crippen molar-refractivity contribution in [3.8, 4) is 11.3 Å². The molecule has 1 heterocycles. The van der Waals surface area contributed by atoms with Crippen LogP contribution >= 0.6 is 11.6 Å². The Morgan fingerprint density at radius 1 is 1.07 bits per heavy atom. The topological polar surface area (TPSA) is 42.0 Å². The highest BCUT2D eigenvalue weighted by atomic mass is 35.5. The quantitative estimate of drug-likeness (QED) is 0.614. The molecule has 0 bridgehead atoms. The van der Waals surface area contributed by atoms with Crippen LogP contribution in [0.1, 0.15) is 48.0 Å². The Balaban J connectivity index is 1.80. The maximum absolute atomic E-state index is 13.1. The first-order chi connectivity index (χ1) is 13.1. The Kier molecular flexibility index (Phi) is 5.13. The number of carbonyl (C=O) groups is 1. The molecule has 0 radical (unpaired) electrons. The second-order valence-electron chi connectivity index (χ2n) is 7.36. The van der Waals surface area contributed by atoms with Crippen molar-refractivity contribution in [2.75, 3.05) is 0 Å². The fraction of sp³-hybridized carbons (Fsp3) is 0.304. The minimum atomic E-state index is -0.0202. The Hall–Kier alpha value is -2.39. The number of amides is 1. The number of benzene rings is 2. The first kappa shape index (κ1) is 18.0. The van der Waals surface area contributed by atoms with Gasteiger partial charge in [-0.3, -0.25) is 4.79 Å². The summed E-state index contributed by atoms with van der Waals surface area (Å²) >= 11 is 6.38. The minimum Gasteiger partial charge on any atom is -0.349 e. The van der Waals surface area contributed by atoms with E-state index >= 15 is 0 Å². The molecule has 0 saturated heterocycles. The summed E-state index contributed by atoms with van der Waals surface area (Å²) in [6.07, 6.45) is 5.76. The van der Waals surface area contributed by atoms with Crippen molar-refractivity contribution < 1.29 is 4.79 Å². The highest BCUT2D eigenvalue weighted by molar-refractivity contribution is 6.33. The fourth-order valence-corrected chi connectivity index (χ4v) is 4.08. The fourth-order valence-electron chi connectivity index (χ4n) is 3.84. The second kappa shape index (κ2) is 7.69. The van der Waals surface area contributed by atoms with E-state index in [1.807, 2.05) is 55.5 Å². The molecule has 0 unspecified atom stereocenters. The second-order valence-corrected chi connectivity index (χ2v) is 7.77. The van der Waals surface area contributed by atoms with E-state index in [1.54, 1.807) is 0 Å². The lowest BCUT2D eigenvalue weighted by molar-refractivity contribution is 0.0929. The monoisotopic (exact) mass is 378 g/mol. The van der Waals surface area contributed by atoms with E-state index in [-0.39, 0.29) is 11.9 Å². The van der Waals surface area contributed by atoms with Gasteiger partial charge in [-0.05, 0) is 44.0 Å². The smallest absolute Gasteiger partial charge is 0.252 e. The molecule has 1 N–H and O–H groups in total. The number of hydrogen-bond donors (Lipinski definition) is 1. The molecule has 3 aromatic rings. The molecule has 0 atom stereocenters. The number of fused-ring (bicyclic) bond motifs is 1. The Labute approximate surface area is 164 Å². The molecule has 1 fully saturated rings. The van der Waals surface area contributed by atoms with Crippen molar-refractivity contribution in [3.05, 3.63) is 64.7 Å². The van der Waals surface area contributed by atoms with Crippen molar-refractivity contribution in [1.29, 1.82) is 0 Å². The summed E-state index contributed by atoms with van der Waals surface area (Å²) in [6.45, 7) is 2.03. The van der Waals surface area contributed by atoms with Crippen molar-refractivity contribution in [2.45, 2.75) is 45.1 Å². The molecule has 2 aromatic carbocycles. The first-order valence-electron chi connectivity index (χ1n) is 9.59. The molecule has 1 aliphatic carbocycles. The normalized spacial score (nSPS) is 15.0. The third-order valence-electron chi connectivity index (χ3n) is 5.30. The number of pyridine rings is 1. The largest absolute Gasteiger partial charge is 0.349 e. The van der Waals surface area contributed by atoms with Gasteiger partial charge in [-0.2, -0.15) is 0 Å². The summed E-state index contributed by atoms with van der Waals surface area (Å²) in [4.78, 5) is 17.9.